The molecule has 1 amide bonds. The summed E-state index contributed by atoms with van der Waals surface area (Å²) in [5.41, 5.74) is 0.898. The Morgan fingerprint density at radius 1 is 1.32 bits per heavy atom. The highest BCUT2D eigenvalue weighted by atomic mass is 16.4. The summed E-state index contributed by atoms with van der Waals surface area (Å²) in [7, 11) is 0. The first-order valence-electron chi connectivity index (χ1n) is 5.58. The Bertz CT molecular complexity index is 592. The van der Waals surface area contributed by atoms with Crippen molar-refractivity contribution in [2.75, 3.05) is 0 Å². The van der Waals surface area contributed by atoms with Crippen LogP contribution in [0.15, 0.2) is 41.1 Å². The maximum Gasteiger partial charge on any atom is 0.330 e. The first-order chi connectivity index (χ1) is 9.09. The van der Waals surface area contributed by atoms with Crippen LogP contribution in [0.2, 0.25) is 0 Å². The zero-order chi connectivity index (χ0) is 13.8. The lowest BCUT2D eigenvalue weighted by Crippen LogP contribution is -2.33. The number of benzene rings is 1. The van der Waals surface area contributed by atoms with Crippen LogP contribution in [0.3, 0.4) is 0 Å². The Balaban J connectivity index is 2.21. The van der Waals surface area contributed by atoms with Gasteiger partial charge in [0.2, 0.25) is 5.76 Å². The molecule has 0 aliphatic carbocycles. The van der Waals surface area contributed by atoms with Gasteiger partial charge in [0.25, 0.3) is 5.91 Å². The van der Waals surface area contributed by atoms with E-state index in [2.05, 4.69) is 10.3 Å². The van der Waals surface area contributed by atoms with Crippen LogP contribution < -0.4 is 5.32 Å². The van der Waals surface area contributed by atoms with Gasteiger partial charge in [0.15, 0.2) is 12.4 Å². The molecule has 6 nitrogen and oxygen atoms in total. The fourth-order valence-corrected chi connectivity index (χ4v) is 1.65. The molecule has 1 atom stereocenters. The van der Waals surface area contributed by atoms with Gasteiger partial charge in [0.05, 0.1) is 5.69 Å². The van der Waals surface area contributed by atoms with Crippen molar-refractivity contribution in [3.63, 3.8) is 0 Å². The molecule has 1 heterocycles. The summed E-state index contributed by atoms with van der Waals surface area (Å²) < 4.78 is 4.93. The summed E-state index contributed by atoms with van der Waals surface area (Å²) in [5, 5.41) is 11.6. The smallest absolute Gasteiger partial charge is 0.330 e. The quantitative estimate of drug-likeness (QED) is 0.869. The Labute approximate surface area is 109 Å². The fourth-order valence-electron chi connectivity index (χ4n) is 1.65. The van der Waals surface area contributed by atoms with Gasteiger partial charge in [-0.3, -0.25) is 4.79 Å². The number of aromatic nitrogens is 1. The summed E-state index contributed by atoms with van der Waals surface area (Å²) in [6.07, 6.45) is 1.14. The molecule has 0 spiro atoms. The number of carbonyl (C=O) groups is 2. The number of oxazole rings is 1. The van der Waals surface area contributed by atoms with Crippen LogP contribution in [-0.2, 0) is 4.79 Å². The van der Waals surface area contributed by atoms with Gasteiger partial charge >= 0.3 is 5.97 Å². The molecule has 98 valence electrons. The van der Waals surface area contributed by atoms with Gasteiger partial charge in [0, 0.05) is 0 Å². The van der Waals surface area contributed by atoms with Crippen LogP contribution in [0.1, 0.15) is 27.9 Å². The predicted octanol–water partition coefficient (Wildman–Crippen LogP) is 1.54. The number of aliphatic carboxylic acids is 1. The second-order valence-electron chi connectivity index (χ2n) is 3.92. The Hall–Kier alpha value is -2.63. The molecule has 0 unspecified atom stereocenters. The highest BCUT2D eigenvalue weighted by Crippen LogP contribution is 2.14. The topological polar surface area (TPSA) is 92.4 Å². The van der Waals surface area contributed by atoms with Crippen molar-refractivity contribution in [1.29, 1.82) is 0 Å². The number of rotatable bonds is 4. The van der Waals surface area contributed by atoms with Crippen LogP contribution in [0, 0.1) is 6.92 Å². The highest BCUT2D eigenvalue weighted by Gasteiger charge is 2.24. The second kappa shape index (κ2) is 5.34. The van der Waals surface area contributed by atoms with Crippen molar-refractivity contribution < 1.29 is 19.1 Å². The lowest BCUT2D eigenvalue weighted by atomic mass is 10.1. The molecule has 0 aliphatic rings. The van der Waals surface area contributed by atoms with Gasteiger partial charge in [-0.1, -0.05) is 30.3 Å². The molecule has 2 aromatic rings. The third kappa shape index (κ3) is 2.79. The highest BCUT2D eigenvalue weighted by molar-refractivity contribution is 5.95. The van der Waals surface area contributed by atoms with E-state index in [0.29, 0.717) is 11.3 Å². The van der Waals surface area contributed by atoms with E-state index in [1.165, 1.54) is 0 Å². The van der Waals surface area contributed by atoms with E-state index in [1.54, 1.807) is 37.3 Å². The lowest BCUT2D eigenvalue weighted by molar-refractivity contribution is -0.139. The minimum atomic E-state index is -1.14. The van der Waals surface area contributed by atoms with Crippen LogP contribution in [0.5, 0.6) is 0 Å². The maximum atomic E-state index is 11.9. The summed E-state index contributed by atoms with van der Waals surface area (Å²) in [4.78, 5) is 26.9. The van der Waals surface area contributed by atoms with E-state index >= 15 is 0 Å². The maximum absolute atomic E-state index is 11.9. The summed E-state index contributed by atoms with van der Waals surface area (Å²) in [5.74, 6) is -1.73. The van der Waals surface area contributed by atoms with E-state index in [4.69, 9.17) is 4.42 Å². The van der Waals surface area contributed by atoms with Crippen molar-refractivity contribution in [2.24, 2.45) is 0 Å². The number of hydrogen-bond donors (Lipinski definition) is 2. The normalized spacial score (nSPS) is 11.8. The molecular formula is C13H12N2O4. The largest absolute Gasteiger partial charge is 0.479 e. The second-order valence-corrected chi connectivity index (χ2v) is 3.92. The molecule has 2 N–H and O–H groups in total. The molecule has 0 radical (unpaired) electrons. The van der Waals surface area contributed by atoms with Crippen molar-refractivity contribution in [1.82, 2.24) is 10.3 Å². The Morgan fingerprint density at radius 2 is 2.00 bits per heavy atom. The van der Waals surface area contributed by atoms with Gasteiger partial charge in [-0.2, -0.15) is 0 Å². The fraction of sp³-hybridized carbons (Fsp3) is 0.154. The average Bonchev–Trinajstić information content (AvgIpc) is 2.82. The monoisotopic (exact) mass is 260 g/mol. The molecule has 0 saturated heterocycles. The molecular weight excluding hydrogens is 248 g/mol. The Kier molecular flexibility index (Phi) is 3.61. The van der Waals surface area contributed by atoms with Crippen molar-refractivity contribution >= 4 is 11.9 Å². The molecule has 0 fully saturated rings. The predicted molar refractivity (Wildman–Crippen MR) is 65.5 cm³/mol. The first-order valence-corrected chi connectivity index (χ1v) is 5.58. The molecule has 1 aromatic carbocycles. The zero-order valence-corrected chi connectivity index (χ0v) is 10.2. The lowest BCUT2D eigenvalue weighted by Gasteiger charge is -2.13. The first kappa shape index (κ1) is 12.8. The van der Waals surface area contributed by atoms with E-state index in [9.17, 15) is 14.7 Å². The third-order valence-corrected chi connectivity index (χ3v) is 2.61. The third-order valence-electron chi connectivity index (χ3n) is 2.61. The summed E-state index contributed by atoms with van der Waals surface area (Å²) >= 11 is 0. The van der Waals surface area contributed by atoms with Gasteiger partial charge in [-0.25, -0.2) is 9.78 Å². The zero-order valence-electron chi connectivity index (χ0n) is 10.2. The number of nitrogens with one attached hydrogen (secondary N) is 1. The molecule has 0 aliphatic heterocycles. The van der Waals surface area contributed by atoms with Crippen molar-refractivity contribution in [3.8, 4) is 0 Å². The molecule has 2 rings (SSSR count). The van der Waals surface area contributed by atoms with Crippen LogP contribution in [0.25, 0.3) is 0 Å². The average molecular weight is 260 g/mol. The SMILES string of the molecule is Cc1ncoc1C(=O)N[C@@H](C(=O)O)c1ccccc1. The van der Waals surface area contributed by atoms with Crippen LogP contribution >= 0.6 is 0 Å². The van der Waals surface area contributed by atoms with E-state index in [0.717, 1.165) is 6.39 Å². The number of aryl methyl sites for hydroxylation is 1. The molecule has 0 saturated carbocycles. The number of carboxylic acids is 1. The van der Waals surface area contributed by atoms with Crippen molar-refractivity contribution in [2.45, 2.75) is 13.0 Å². The molecule has 19 heavy (non-hydrogen) atoms. The van der Waals surface area contributed by atoms with Gasteiger partial charge in [-0.15, -0.1) is 0 Å². The molecule has 6 heteroatoms. The van der Waals surface area contributed by atoms with Crippen LogP contribution in [-0.4, -0.2) is 22.0 Å². The number of carbonyl (C=O) groups excluding carboxylic acids is 1. The van der Waals surface area contributed by atoms with E-state index in [-0.39, 0.29) is 5.76 Å². The van der Waals surface area contributed by atoms with Gasteiger partial charge < -0.3 is 14.8 Å². The number of hydrogen-bond acceptors (Lipinski definition) is 4. The summed E-state index contributed by atoms with van der Waals surface area (Å²) in [6, 6.07) is 7.32. The van der Waals surface area contributed by atoms with Crippen molar-refractivity contribution in [3.05, 3.63) is 53.7 Å². The minimum absolute atomic E-state index is 0.0159. The number of amides is 1. The summed E-state index contributed by atoms with van der Waals surface area (Å²) in [6.45, 7) is 1.61. The standard InChI is InChI=1S/C13H12N2O4/c1-8-11(19-7-14-8)12(16)15-10(13(17)18)9-5-3-2-4-6-9/h2-7,10H,1H3,(H,15,16)(H,17,18)/t10-/m1/s1. The number of nitrogens with zero attached hydrogens (tertiary/aromatic N) is 1. The Morgan fingerprint density at radius 3 is 2.53 bits per heavy atom. The van der Waals surface area contributed by atoms with Crippen LogP contribution in [0.4, 0.5) is 0 Å². The minimum Gasteiger partial charge on any atom is -0.479 e. The van der Waals surface area contributed by atoms with Gasteiger partial charge in [0.1, 0.15) is 0 Å². The van der Waals surface area contributed by atoms with E-state index < -0.39 is 17.9 Å². The van der Waals surface area contributed by atoms with Gasteiger partial charge in [-0.05, 0) is 12.5 Å². The van der Waals surface area contributed by atoms with E-state index in [1.807, 2.05) is 0 Å². The molecule has 1 aromatic heterocycles. The molecule has 0 bridgehead atoms. The number of carboxylic acid groups (broad SMARTS) is 1.